The number of benzene rings is 1. The Bertz CT molecular complexity index is 988. The van der Waals surface area contributed by atoms with Crippen LogP contribution >= 0.6 is 11.8 Å². The molecule has 2 aromatic heterocycles. The molecule has 6 nitrogen and oxygen atoms in total. The van der Waals surface area contributed by atoms with Gasteiger partial charge in [-0.3, -0.25) is 9.36 Å². The molecule has 3 aromatic rings. The van der Waals surface area contributed by atoms with Crippen LogP contribution in [0.2, 0.25) is 0 Å². The molecular weight excluding hydrogens is 355 g/mol. The van der Waals surface area contributed by atoms with Crippen LogP contribution in [0.3, 0.4) is 0 Å². The summed E-state index contributed by atoms with van der Waals surface area (Å²) in [5.74, 6) is 0.221. The van der Waals surface area contributed by atoms with Crippen molar-refractivity contribution in [3.63, 3.8) is 0 Å². The number of rotatable bonds is 5. The highest BCUT2D eigenvalue weighted by Crippen LogP contribution is 2.23. The van der Waals surface area contributed by atoms with Gasteiger partial charge in [-0.05, 0) is 30.5 Å². The van der Waals surface area contributed by atoms with Gasteiger partial charge >= 0.3 is 0 Å². The number of thioether (sulfide) groups is 1. The van der Waals surface area contributed by atoms with E-state index in [-0.39, 0.29) is 23.0 Å². The van der Waals surface area contributed by atoms with Crippen LogP contribution in [0.5, 0.6) is 0 Å². The highest BCUT2D eigenvalue weighted by atomic mass is 32.2. The summed E-state index contributed by atoms with van der Waals surface area (Å²) < 4.78 is 20.7. The smallest absolute Gasteiger partial charge is 0.282 e. The quantitative estimate of drug-likeness (QED) is 0.507. The van der Waals surface area contributed by atoms with Crippen LogP contribution < -0.4 is 5.56 Å². The Morgan fingerprint density at radius 3 is 3.00 bits per heavy atom. The first kappa shape index (κ1) is 17.1. The van der Waals surface area contributed by atoms with Crippen molar-refractivity contribution >= 4 is 22.9 Å². The largest absolute Gasteiger partial charge is 0.376 e. The van der Waals surface area contributed by atoms with Crippen molar-refractivity contribution in [3.8, 4) is 0 Å². The van der Waals surface area contributed by atoms with Crippen LogP contribution in [0.4, 0.5) is 4.39 Å². The van der Waals surface area contributed by atoms with Crippen LogP contribution in [-0.2, 0) is 17.0 Å². The Kier molecular flexibility index (Phi) is 4.94. The minimum absolute atomic E-state index is 0.00265. The third-order valence-electron chi connectivity index (χ3n) is 4.23. The Balaban J connectivity index is 1.69. The van der Waals surface area contributed by atoms with Crippen molar-refractivity contribution in [2.75, 3.05) is 6.61 Å². The molecule has 0 bridgehead atoms. The monoisotopic (exact) mass is 372 g/mol. The molecule has 1 aromatic carbocycles. The molecular formula is C18H17FN4O2S. The second-order valence-corrected chi connectivity index (χ2v) is 7.03. The minimum Gasteiger partial charge on any atom is -0.376 e. The first-order valence-corrected chi connectivity index (χ1v) is 9.39. The fourth-order valence-corrected chi connectivity index (χ4v) is 3.91. The molecule has 3 heterocycles. The van der Waals surface area contributed by atoms with Gasteiger partial charge in [0, 0.05) is 24.8 Å². The number of hydrogen-bond acceptors (Lipinski definition) is 6. The molecule has 1 fully saturated rings. The van der Waals surface area contributed by atoms with Gasteiger partial charge in [0.25, 0.3) is 5.56 Å². The Hall–Kier alpha value is -2.32. The van der Waals surface area contributed by atoms with Crippen molar-refractivity contribution in [3.05, 3.63) is 58.4 Å². The summed E-state index contributed by atoms with van der Waals surface area (Å²) in [4.78, 5) is 25.7. The first-order chi connectivity index (χ1) is 12.7. The standard InChI is InChI=1S/C18H17FN4O2S/c19-13-4-1-3-12(9-13)11-26-18-22-16-15(20-6-7-21-16)17(24)23(18)10-14-5-2-8-25-14/h1,3-4,6-7,9,14H,2,5,8,10-11H2/t14-/m1/s1. The molecule has 1 saturated heterocycles. The van der Waals surface area contributed by atoms with Crippen LogP contribution in [0.1, 0.15) is 18.4 Å². The Labute approximate surface area is 153 Å². The van der Waals surface area contributed by atoms with Crippen molar-refractivity contribution in [1.82, 2.24) is 19.5 Å². The molecule has 0 spiro atoms. The van der Waals surface area contributed by atoms with E-state index in [0.29, 0.717) is 29.7 Å². The van der Waals surface area contributed by atoms with Crippen molar-refractivity contribution in [2.24, 2.45) is 0 Å². The summed E-state index contributed by atoms with van der Waals surface area (Å²) in [5, 5.41) is 0.544. The molecule has 1 aliphatic heterocycles. The predicted molar refractivity (Wildman–Crippen MR) is 96.5 cm³/mol. The maximum atomic E-state index is 13.4. The second kappa shape index (κ2) is 7.51. The number of aromatic nitrogens is 4. The maximum absolute atomic E-state index is 13.4. The van der Waals surface area contributed by atoms with Gasteiger partial charge in [-0.2, -0.15) is 0 Å². The van der Waals surface area contributed by atoms with Crippen LogP contribution in [0, 0.1) is 5.82 Å². The molecule has 4 rings (SSSR count). The molecule has 0 unspecified atom stereocenters. The lowest BCUT2D eigenvalue weighted by Crippen LogP contribution is -2.29. The highest BCUT2D eigenvalue weighted by molar-refractivity contribution is 7.98. The van der Waals surface area contributed by atoms with Crippen LogP contribution in [0.25, 0.3) is 11.2 Å². The van der Waals surface area contributed by atoms with E-state index in [2.05, 4.69) is 15.0 Å². The molecule has 0 amide bonds. The summed E-state index contributed by atoms with van der Waals surface area (Å²) in [6.45, 7) is 1.15. The van der Waals surface area contributed by atoms with Gasteiger partial charge in [-0.25, -0.2) is 19.3 Å². The van der Waals surface area contributed by atoms with E-state index < -0.39 is 0 Å². The maximum Gasteiger partial charge on any atom is 0.282 e. The Morgan fingerprint density at radius 2 is 2.19 bits per heavy atom. The number of nitrogens with zero attached hydrogens (tertiary/aromatic N) is 4. The summed E-state index contributed by atoms with van der Waals surface area (Å²) in [6, 6.07) is 6.41. The molecule has 0 aliphatic carbocycles. The fourth-order valence-electron chi connectivity index (χ4n) is 2.97. The zero-order chi connectivity index (χ0) is 17.9. The van der Waals surface area contributed by atoms with E-state index in [1.807, 2.05) is 6.07 Å². The van der Waals surface area contributed by atoms with E-state index in [0.717, 1.165) is 18.4 Å². The normalized spacial score (nSPS) is 17.0. The average Bonchev–Trinajstić information content (AvgIpc) is 3.16. The van der Waals surface area contributed by atoms with E-state index in [9.17, 15) is 9.18 Å². The van der Waals surface area contributed by atoms with E-state index in [4.69, 9.17) is 4.74 Å². The predicted octanol–water partition coefficient (Wildman–Crippen LogP) is 2.80. The van der Waals surface area contributed by atoms with Gasteiger partial charge in [0.05, 0.1) is 12.6 Å². The zero-order valence-corrected chi connectivity index (χ0v) is 14.8. The molecule has 1 aliphatic rings. The SMILES string of the molecule is O=c1c2nccnc2nc(SCc2cccc(F)c2)n1C[C@H]1CCCO1. The van der Waals surface area contributed by atoms with Gasteiger partial charge in [-0.1, -0.05) is 23.9 Å². The van der Waals surface area contributed by atoms with Gasteiger partial charge < -0.3 is 4.74 Å². The van der Waals surface area contributed by atoms with Crippen LogP contribution in [-0.4, -0.2) is 32.2 Å². The minimum atomic E-state index is -0.280. The lowest BCUT2D eigenvalue weighted by atomic mass is 10.2. The lowest BCUT2D eigenvalue weighted by Gasteiger charge is -2.15. The Morgan fingerprint density at radius 1 is 1.31 bits per heavy atom. The van der Waals surface area contributed by atoms with Crippen molar-refractivity contribution < 1.29 is 9.13 Å². The molecule has 134 valence electrons. The third-order valence-corrected chi connectivity index (χ3v) is 5.27. The van der Waals surface area contributed by atoms with Gasteiger partial charge in [0.1, 0.15) is 5.82 Å². The summed E-state index contributed by atoms with van der Waals surface area (Å²) in [7, 11) is 0. The van der Waals surface area contributed by atoms with Crippen LogP contribution in [0.15, 0.2) is 46.6 Å². The molecule has 1 atom stereocenters. The van der Waals surface area contributed by atoms with Gasteiger partial charge in [0.15, 0.2) is 16.3 Å². The molecule has 8 heteroatoms. The molecule has 0 N–H and O–H groups in total. The van der Waals surface area contributed by atoms with E-state index in [1.165, 1.54) is 36.3 Å². The fraction of sp³-hybridized carbons (Fsp3) is 0.333. The zero-order valence-electron chi connectivity index (χ0n) is 14.0. The van der Waals surface area contributed by atoms with Gasteiger partial charge in [-0.15, -0.1) is 0 Å². The number of ether oxygens (including phenoxy) is 1. The third kappa shape index (κ3) is 3.61. The summed E-state index contributed by atoms with van der Waals surface area (Å²) in [6.07, 6.45) is 4.91. The average molecular weight is 372 g/mol. The van der Waals surface area contributed by atoms with Crippen molar-refractivity contribution in [1.29, 1.82) is 0 Å². The lowest BCUT2D eigenvalue weighted by molar-refractivity contribution is 0.0937. The summed E-state index contributed by atoms with van der Waals surface area (Å²) in [5.41, 5.74) is 1.18. The van der Waals surface area contributed by atoms with Gasteiger partial charge in [0.2, 0.25) is 0 Å². The second-order valence-electron chi connectivity index (χ2n) is 6.09. The molecule has 26 heavy (non-hydrogen) atoms. The van der Waals surface area contributed by atoms with E-state index in [1.54, 1.807) is 10.6 Å². The number of hydrogen-bond donors (Lipinski definition) is 0. The van der Waals surface area contributed by atoms with Crippen molar-refractivity contribution in [2.45, 2.75) is 36.4 Å². The highest BCUT2D eigenvalue weighted by Gasteiger charge is 2.21. The topological polar surface area (TPSA) is 69.9 Å². The molecule has 0 saturated carbocycles. The summed E-state index contributed by atoms with van der Waals surface area (Å²) >= 11 is 1.38. The number of fused-ring (bicyclic) bond motifs is 1. The molecule has 0 radical (unpaired) electrons. The number of halogens is 1. The first-order valence-electron chi connectivity index (χ1n) is 8.41. The van der Waals surface area contributed by atoms with E-state index >= 15 is 0 Å².